The van der Waals surface area contributed by atoms with E-state index in [9.17, 15) is 14.7 Å². The minimum Gasteiger partial charge on any atom is -0.478 e. The molecule has 1 fully saturated rings. The average molecular weight is 474 g/mol. The number of carbonyl (C=O) groups is 2. The molecule has 8 nitrogen and oxygen atoms in total. The van der Waals surface area contributed by atoms with Crippen molar-refractivity contribution in [3.8, 4) is 11.5 Å². The Morgan fingerprint density at radius 2 is 1.69 bits per heavy atom. The fourth-order valence-corrected chi connectivity index (χ4v) is 4.53. The van der Waals surface area contributed by atoms with Gasteiger partial charge in [0.15, 0.2) is 11.5 Å². The van der Waals surface area contributed by atoms with Gasteiger partial charge in [-0.3, -0.25) is 9.69 Å². The zero-order chi connectivity index (χ0) is 24.4. The molecule has 0 aliphatic carbocycles. The largest absolute Gasteiger partial charge is 0.478 e. The maximum absolute atomic E-state index is 12.7. The van der Waals surface area contributed by atoms with E-state index >= 15 is 0 Å². The van der Waals surface area contributed by atoms with Gasteiger partial charge in [0.2, 0.25) is 6.79 Å². The first kappa shape index (κ1) is 22.7. The second-order valence-electron chi connectivity index (χ2n) is 8.76. The molecule has 1 saturated heterocycles. The second kappa shape index (κ2) is 9.68. The van der Waals surface area contributed by atoms with Gasteiger partial charge in [0.05, 0.1) is 11.3 Å². The summed E-state index contributed by atoms with van der Waals surface area (Å²) in [5, 5.41) is 12.7. The molecule has 3 aromatic rings. The zero-order valence-electron chi connectivity index (χ0n) is 19.5. The number of ether oxygens (including phenoxy) is 2. The Morgan fingerprint density at radius 1 is 0.914 bits per heavy atom. The molecule has 2 aliphatic heterocycles. The predicted octanol–water partition coefficient (Wildman–Crippen LogP) is 4.00. The molecule has 0 atom stereocenters. The molecule has 2 N–H and O–H groups in total. The number of aryl methyl sites for hydroxylation is 1. The van der Waals surface area contributed by atoms with Gasteiger partial charge in [-0.05, 0) is 54.4 Å². The fraction of sp³-hybridized carbons (Fsp3) is 0.259. The molecule has 2 heterocycles. The van der Waals surface area contributed by atoms with E-state index in [0.717, 1.165) is 42.3 Å². The Morgan fingerprint density at radius 3 is 2.46 bits per heavy atom. The van der Waals surface area contributed by atoms with E-state index in [4.69, 9.17) is 9.47 Å². The summed E-state index contributed by atoms with van der Waals surface area (Å²) >= 11 is 0. The minimum absolute atomic E-state index is 0.178. The van der Waals surface area contributed by atoms with E-state index in [-0.39, 0.29) is 18.3 Å². The average Bonchev–Trinajstić information content (AvgIpc) is 3.33. The van der Waals surface area contributed by atoms with Gasteiger partial charge >= 0.3 is 5.97 Å². The van der Waals surface area contributed by atoms with Crippen LogP contribution in [-0.2, 0) is 6.54 Å². The highest BCUT2D eigenvalue weighted by Crippen LogP contribution is 2.33. The Hall–Kier alpha value is -4.04. The lowest BCUT2D eigenvalue weighted by Crippen LogP contribution is -2.46. The van der Waals surface area contributed by atoms with Crippen LogP contribution in [0.3, 0.4) is 0 Å². The van der Waals surface area contributed by atoms with Crippen LogP contribution in [0.2, 0.25) is 0 Å². The number of benzene rings is 3. The molecule has 0 spiro atoms. The molecule has 8 heteroatoms. The number of aromatic carboxylic acids is 1. The van der Waals surface area contributed by atoms with E-state index in [1.807, 2.05) is 37.3 Å². The molecule has 35 heavy (non-hydrogen) atoms. The zero-order valence-corrected chi connectivity index (χ0v) is 19.5. The molecule has 1 amide bonds. The first-order chi connectivity index (χ1) is 17.0. The van der Waals surface area contributed by atoms with Crippen LogP contribution >= 0.6 is 0 Å². The van der Waals surface area contributed by atoms with E-state index in [1.165, 1.54) is 6.07 Å². The molecular weight excluding hydrogens is 446 g/mol. The predicted molar refractivity (Wildman–Crippen MR) is 133 cm³/mol. The number of anilines is 2. The molecule has 3 aromatic carbocycles. The van der Waals surface area contributed by atoms with Crippen LogP contribution in [0.15, 0.2) is 60.7 Å². The molecule has 0 bridgehead atoms. The van der Waals surface area contributed by atoms with E-state index < -0.39 is 5.97 Å². The van der Waals surface area contributed by atoms with Gasteiger partial charge < -0.3 is 24.8 Å². The van der Waals surface area contributed by atoms with Gasteiger partial charge in [-0.15, -0.1) is 0 Å². The molecule has 180 valence electrons. The van der Waals surface area contributed by atoms with E-state index in [1.54, 1.807) is 24.3 Å². The van der Waals surface area contributed by atoms with Gasteiger partial charge in [0.1, 0.15) is 0 Å². The van der Waals surface area contributed by atoms with Crippen molar-refractivity contribution in [1.82, 2.24) is 4.90 Å². The highest BCUT2D eigenvalue weighted by Gasteiger charge is 2.23. The Kier molecular flexibility index (Phi) is 6.29. The summed E-state index contributed by atoms with van der Waals surface area (Å²) < 4.78 is 10.9. The first-order valence-electron chi connectivity index (χ1n) is 11.6. The number of nitrogens with zero attached hydrogens (tertiary/aromatic N) is 2. The maximum Gasteiger partial charge on any atom is 0.337 e. The number of piperazine rings is 1. The van der Waals surface area contributed by atoms with E-state index in [2.05, 4.69) is 15.1 Å². The topological polar surface area (TPSA) is 91.3 Å². The molecular formula is C27H27N3O5. The van der Waals surface area contributed by atoms with Crippen LogP contribution in [0.25, 0.3) is 0 Å². The van der Waals surface area contributed by atoms with Crippen molar-refractivity contribution in [2.45, 2.75) is 13.5 Å². The van der Waals surface area contributed by atoms with Crippen molar-refractivity contribution >= 4 is 23.3 Å². The van der Waals surface area contributed by atoms with Crippen molar-refractivity contribution in [1.29, 1.82) is 0 Å². The SMILES string of the molecule is Cc1ccccc1C(=O)Nc1ccc(N2CCN(Cc3ccc4c(c3)OCO4)CC2)c(C(=O)O)c1. The number of carboxylic acids is 1. The van der Waals surface area contributed by atoms with Crippen LogP contribution in [0.4, 0.5) is 11.4 Å². The number of carbonyl (C=O) groups excluding carboxylic acids is 1. The van der Waals surface area contributed by atoms with Crippen LogP contribution in [0.1, 0.15) is 31.8 Å². The van der Waals surface area contributed by atoms with Crippen molar-refractivity contribution in [3.05, 3.63) is 82.9 Å². The summed E-state index contributed by atoms with van der Waals surface area (Å²) in [6.07, 6.45) is 0. The standard InChI is InChI=1S/C27H27N3O5/c1-18-4-2-3-5-21(18)26(31)28-20-7-8-23(22(15-20)27(32)33)30-12-10-29(11-13-30)16-19-6-9-24-25(14-19)35-17-34-24/h2-9,14-15H,10-13,16-17H2,1H3,(H,28,31)(H,32,33). The van der Waals surface area contributed by atoms with Crippen molar-refractivity contribution < 1.29 is 24.2 Å². The first-order valence-corrected chi connectivity index (χ1v) is 11.6. The number of amides is 1. The number of nitrogens with one attached hydrogen (secondary N) is 1. The highest BCUT2D eigenvalue weighted by molar-refractivity contribution is 6.06. The number of carboxylic acid groups (broad SMARTS) is 1. The molecule has 2 aliphatic rings. The van der Waals surface area contributed by atoms with Crippen molar-refractivity contribution in [2.75, 3.05) is 43.2 Å². The molecule has 0 saturated carbocycles. The summed E-state index contributed by atoms with van der Waals surface area (Å²) in [5.41, 5.74) is 3.88. The summed E-state index contributed by atoms with van der Waals surface area (Å²) in [6, 6.07) is 18.4. The van der Waals surface area contributed by atoms with Gasteiger partial charge in [0, 0.05) is 44.0 Å². The summed E-state index contributed by atoms with van der Waals surface area (Å²) in [4.78, 5) is 29.1. The number of hydrogen-bond acceptors (Lipinski definition) is 6. The second-order valence-corrected chi connectivity index (χ2v) is 8.76. The summed E-state index contributed by atoms with van der Waals surface area (Å²) in [7, 11) is 0. The Balaban J connectivity index is 1.25. The lowest BCUT2D eigenvalue weighted by atomic mass is 10.1. The van der Waals surface area contributed by atoms with Gasteiger partial charge in [-0.25, -0.2) is 4.79 Å². The molecule has 0 aromatic heterocycles. The normalized spacial score (nSPS) is 15.2. The molecule has 0 radical (unpaired) electrons. The lowest BCUT2D eigenvalue weighted by Gasteiger charge is -2.36. The van der Waals surface area contributed by atoms with Crippen LogP contribution < -0.4 is 19.7 Å². The third-order valence-electron chi connectivity index (χ3n) is 6.43. The Labute approximate surface area is 203 Å². The smallest absolute Gasteiger partial charge is 0.337 e. The molecule has 5 rings (SSSR count). The quantitative estimate of drug-likeness (QED) is 0.559. The van der Waals surface area contributed by atoms with Crippen molar-refractivity contribution in [2.24, 2.45) is 0 Å². The number of hydrogen-bond donors (Lipinski definition) is 2. The summed E-state index contributed by atoms with van der Waals surface area (Å²) in [5.74, 6) is 0.277. The number of fused-ring (bicyclic) bond motifs is 1. The van der Waals surface area contributed by atoms with E-state index in [0.29, 0.717) is 30.0 Å². The van der Waals surface area contributed by atoms with Crippen LogP contribution in [0.5, 0.6) is 11.5 Å². The van der Waals surface area contributed by atoms with Crippen LogP contribution in [0, 0.1) is 6.92 Å². The number of rotatable bonds is 6. The highest BCUT2D eigenvalue weighted by atomic mass is 16.7. The lowest BCUT2D eigenvalue weighted by molar-refractivity contribution is 0.0697. The monoisotopic (exact) mass is 473 g/mol. The van der Waals surface area contributed by atoms with Gasteiger partial charge in [-0.1, -0.05) is 24.3 Å². The summed E-state index contributed by atoms with van der Waals surface area (Å²) in [6.45, 7) is 5.95. The molecule has 0 unspecified atom stereocenters. The van der Waals surface area contributed by atoms with Gasteiger partial charge in [-0.2, -0.15) is 0 Å². The third kappa shape index (κ3) is 4.93. The minimum atomic E-state index is -1.02. The fourth-order valence-electron chi connectivity index (χ4n) is 4.53. The van der Waals surface area contributed by atoms with Crippen molar-refractivity contribution in [3.63, 3.8) is 0 Å². The maximum atomic E-state index is 12.7. The third-order valence-corrected chi connectivity index (χ3v) is 6.43. The Bertz CT molecular complexity index is 1270. The van der Waals surface area contributed by atoms with Crippen LogP contribution in [-0.4, -0.2) is 54.9 Å². The van der Waals surface area contributed by atoms with Gasteiger partial charge in [0.25, 0.3) is 5.91 Å².